The molecule has 2 aromatic rings. The Balaban J connectivity index is 2.49. The van der Waals surface area contributed by atoms with Gasteiger partial charge in [0.15, 0.2) is 0 Å². The van der Waals surface area contributed by atoms with Gasteiger partial charge in [-0.15, -0.1) is 0 Å². The average molecular weight is 230 g/mol. The van der Waals surface area contributed by atoms with E-state index < -0.39 is 5.97 Å². The minimum absolute atomic E-state index is 0.265. The number of nitrogens with zero attached hydrogens (tertiary/aromatic N) is 2. The quantitative estimate of drug-likeness (QED) is 0.879. The number of aromatic nitrogens is 1. The highest BCUT2D eigenvalue weighted by molar-refractivity contribution is 5.86. The molecule has 1 aromatic heterocycles. The molecule has 0 aliphatic carbocycles. The molecular weight excluding hydrogens is 216 g/mol. The highest BCUT2D eigenvalue weighted by atomic mass is 16.4. The van der Waals surface area contributed by atoms with Crippen molar-refractivity contribution in [2.24, 2.45) is 0 Å². The van der Waals surface area contributed by atoms with Crippen molar-refractivity contribution >= 4 is 11.7 Å². The van der Waals surface area contributed by atoms with E-state index in [1.807, 2.05) is 43.3 Å². The third kappa shape index (κ3) is 2.15. The molecule has 0 spiro atoms. The van der Waals surface area contributed by atoms with Crippen molar-refractivity contribution in [1.29, 1.82) is 0 Å². The van der Waals surface area contributed by atoms with Crippen LogP contribution in [0.3, 0.4) is 0 Å². The highest BCUT2D eigenvalue weighted by Crippen LogP contribution is 2.18. The summed E-state index contributed by atoms with van der Waals surface area (Å²) in [5.41, 5.74) is 2.15. The smallest absolute Gasteiger partial charge is 0.352 e. The molecule has 2 rings (SSSR count). The molecule has 0 bridgehead atoms. The summed E-state index contributed by atoms with van der Waals surface area (Å²) in [7, 11) is 3.90. The normalized spacial score (nSPS) is 10.2. The Labute approximate surface area is 99.7 Å². The van der Waals surface area contributed by atoms with Crippen LogP contribution in [0.1, 0.15) is 10.5 Å². The monoisotopic (exact) mass is 230 g/mol. The van der Waals surface area contributed by atoms with Crippen LogP contribution in [0.25, 0.3) is 5.69 Å². The summed E-state index contributed by atoms with van der Waals surface area (Å²) < 4.78 is 1.66. The molecule has 0 atom stereocenters. The van der Waals surface area contributed by atoms with Gasteiger partial charge in [-0.05, 0) is 30.3 Å². The Bertz CT molecular complexity index is 544. The van der Waals surface area contributed by atoms with Crippen LogP contribution in [0, 0.1) is 0 Å². The molecule has 4 nitrogen and oxygen atoms in total. The van der Waals surface area contributed by atoms with Gasteiger partial charge in [0.25, 0.3) is 0 Å². The van der Waals surface area contributed by atoms with Gasteiger partial charge in [0, 0.05) is 31.7 Å². The summed E-state index contributed by atoms with van der Waals surface area (Å²) >= 11 is 0. The maximum atomic E-state index is 11.0. The van der Waals surface area contributed by atoms with Crippen LogP contribution in [0.2, 0.25) is 0 Å². The van der Waals surface area contributed by atoms with Gasteiger partial charge in [0.1, 0.15) is 5.69 Å². The van der Waals surface area contributed by atoms with Gasteiger partial charge in [-0.3, -0.25) is 0 Å². The molecule has 1 N–H and O–H groups in total. The predicted molar refractivity (Wildman–Crippen MR) is 67.1 cm³/mol. The number of carboxylic acids is 1. The van der Waals surface area contributed by atoms with Gasteiger partial charge in [0.05, 0.1) is 0 Å². The van der Waals surface area contributed by atoms with E-state index in [9.17, 15) is 4.79 Å². The fourth-order valence-corrected chi connectivity index (χ4v) is 1.70. The Kier molecular flexibility index (Phi) is 2.87. The van der Waals surface area contributed by atoms with Crippen molar-refractivity contribution < 1.29 is 9.90 Å². The van der Waals surface area contributed by atoms with Crippen LogP contribution in [0.5, 0.6) is 0 Å². The van der Waals surface area contributed by atoms with Crippen molar-refractivity contribution in [3.8, 4) is 5.69 Å². The summed E-state index contributed by atoms with van der Waals surface area (Å²) in [6.07, 6.45) is 1.75. The van der Waals surface area contributed by atoms with Crippen LogP contribution in [-0.4, -0.2) is 29.7 Å². The lowest BCUT2D eigenvalue weighted by molar-refractivity contribution is 0.0688. The molecule has 0 fully saturated rings. The van der Waals surface area contributed by atoms with Crippen LogP contribution in [0.4, 0.5) is 5.69 Å². The summed E-state index contributed by atoms with van der Waals surface area (Å²) in [5, 5.41) is 9.06. The maximum Gasteiger partial charge on any atom is 0.352 e. The molecule has 0 aliphatic heterocycles. The molecule has 0 aliphatic rings. The highest BCUT2D eigenvalue weighted by Gasteiger charge is 2.10. The minimum atomic E-state index is -0.926. The Morgan fingerprint density at radius 1 is 1.24 bits per heavy atom. The van der Waals surface area contributed by atoms with Gasteiger partial charge >= 0.3 is 5.97 Å². The van der Waals surface area contributed by atoms with E-state index in [-0.39, 0.29) is 5.69 Å². The number of hydrogen-bond acceptors (Lipinski definition) is 2. The van der Waals surface area contributed by atoms with E-state index in [4.69, 9.17) is 5.11 Å². The third-order valence-corrected chi connectivity index (χ3v) is 2.59. The number of aromatic carboxylic acids is 1. The largest absolute Gasteiger partial charge is 0.477 e. The van der Waals surface area contributed by atoms with E-state index in [1.165, 1.54) is 0 Å². The fourth-order valence-electron chi connectivity index (χ4n) is 1.70. The van der Waals surface area contributed by atoms with Gasteiger partial charge in [0.2, 0.25) is 0 Å². The number of anilines is 1. The summed E-state index contributed by atoms with van der Waals surface area (Å²) in [6, 6.07) is 11.0. The molecule has 0 radical (unpaired) electrons. The minimum Gasteiger partial charge on any atom is -0.477 e. The predicted octanol–water partition coefficient (Wildman–Crippen LogP) is 2.24. The molecule has 0 unspecified atom stereocenters. The number of benzene rings is 1. The van der Waals surface area contributed by atoms with E-state index >= 15 is 0 Å². The molecule has 88 valence electrons. The second kappa shape index (κ2) is 4.33. The maximum absolute atomic E-state index is 11.0. The Hall–Kier alpha value is -2.23. The first-order valence-electron chi connectivity index (χ1n) is 5.28. The first-order valence-corrected chi connectivity index (χ1v) is 5.28. The molecule has 17 heavy (non-hydrogen) atoms. The molecule has 0 saturated carbocycles. The van der Waals surface area contributed by atoms with Gasteiger partial charge < -0.3 is 14.6 Å². The third-order valence-electron chi connectivity index (χ3n) is 2.59. The van der Waals surface area contributed by atoms with E-state index in [1.54, 1.807) is 22.9 Å². The van der Waals surface area contributed by atoms with Crippen LogP contribution < -0.4 is 4.90 Å². The molecular formula is C13H14N2O2. The fraction of sp³-hybridized carbons (Fsp3) is 0.154. The summed E-state index contributed by atoms with van der Waals surface area (Å²) in [6.45, 7) is 0. The molecule has 4 heteroatoms. The zero-order valence-corrected chi connectivity index (χ0v) is 9.79. The lowest BCUT2D eigenvalue weighted by Crippen LogP contribution is -2.10. The number of hydrogen-bond donors (Lipinski definition) is 1. The van der Waals surface area contributed by atoms with Crippen LogP contribution >= 0.6 is 0 Å². The van der Waals surface area contributed by atoms with E-state index in [0.717, 1.165) is 11.4 Å². The van der Waals surface area contributed by atoms with Crippen molar-refractivity contribution in [3.63, 3.8) is 0 Å². The molecule has 1 heterocycles. The van der Waals surface area contributed by atoms with Crippen LogP contribution in [-0.2, 0) is 0 Å². The SMILES string of the molecule is CN(C)c1cccc(-n2cccc2C(=O)O)c1. The molecule has 0 amide bonds. The first-order chi connectivity index (χ1) is 8.09. The lowest BCUT2D eigenvalue weighted by Gasteiger charge is -2.14. The van der Waals surface area contributed by atoms with E-state index in [2.05, 4.69) is 0 Å². The van der Waals surface area contributed by atoms with E-state index in [0.29, 0.717) is 0 Å². The number of rotatable bonds is 3. The topological polar surface area (TPSA) is 45.5 Å². The zero-order valence-electron chi connectivity index (χ0n) is 9.79. The van der Waals surface area contributed by atoms with Crippen molar-refractivity contribution in [2.45, 2.75) is 0 Å². The van der Waals surface area contributed by atoms with Crippen molar-refractivity contribution in [3.05, 3.63) is 48.3 Å². The molecule has 1 aromatic carbocycles. The Morgan fingerprint density at radius 2 is 2.00 bits per heavy atom. The summed E-state index contributed by atoms with van der Waals surface area (Å²) in [4.78, 5) is 13.0. The van der Waals surface area contributed by atoms with Gasteiger partial charge in [-0.2, -0.15) is 0 Å². The molecule has 0 saturated heterocycles. The van der Waals surface area contributed by atoms with Crippen molar-refractivity contribution in [1.82, 2.24) is 4.57 Å². The average Bonchev–Trinajstić information content (AvgIpc) is 2.78. The zero-order chi connectivity index (χ0) is 12.4. The lowest BCUT2D eigenvalue weighted by atomic mass is 10.2. The Morgan fingerprint density at radius 3 is 2.65 bits per heavy atom. The van der Waals surface area contributed by atoms with Crippen molar-refractivity contribution in [2.75, 3.05) is 19.0 Å². The van der Waals surface area contributed by atoms with Gasteiger partial charge in [-0.1, -0.05) is 6.07 Å². The van der Waals surface area contributed by atoms with Gasteiger partial charge in [-0.25, -0.2) is 4.79 Å². The first kappa shape index (κ1) is 11.3. The standard InChI is InChI=1S/C13H14N2O2/c1-14(2)10-5-3-6-11(9-10)15-8-4-7-12(15)13(16)17/h3-9H,1-2H3,(H,16,17). The second-order valence-electron chi connectivity index (χ2n) is 3.98. The van der Waals surface area contributed by atoms with Crippen LogP contribution in [0.15, 0.2) is 42.6 Å². The summed E-state index contributed by atoms with van der Waals surface area (Å²) in [5.74, 6) is -0.926. The number of carboxylic acid groups (broad SMARTS) is 1. The number of carbonyl (C=O) groups is 1. The second-order valence-corrected chi connectivity index (χ2v) is 3.98.